The number of rotatable bonds is 19. The summed E-state index contributed by atoms with van der Waals surface area (Å²) in [4.78, 5) is 40.4. The predicted molar refractivity (Wildman–Crippen MR) is 154 cm³/mol. The summed E-state index contributed by atoms with van der Waals surface area (Å²) in [7, 11) is 0. The van der Waals surface area contributed by atoms with Gasteiger partial charge < -0.3 is 20.1 Å². The minimum absolute atomic E-state index is 0.0220. The van der Waals surface area contributed by atoms with Crippen molar-refractivity contribution in [3.05, 3.63) is 97.1 Å². The summed E-state index contributed by atoms with van der Waals surface area (Å²) in [5.74, 6) is -1.46. The number of carbonyl (C=O) groups excluding carboxylic acids is 3. The number of ether oxygens (including phenoxy) is 1. The molecule has 0 saturated carbocycles. The van der Waals surface area contributed by atoms with Crippen LogP contribution in [-0.4, -0.2) is 53.6 Å². The van der Waals surface area contributed by atoms with E-state index in [4.69, 9.17) is 4.74 Å². The Morgan fingerprint density at radius 3 is 2.23 bits per heavy atom. The molecule has 0 radical (unpaired) electrons. The molecule has 0 aliphatic carbocycles. The molecule has 0 aliphatic rings. The molecule has 210 valence electrons. The number of esters is 1. The Labute approximate surface area is 232 Å². The Hall–Kier alpha value is -3.71. The number of benzene rings is 2. The van der Waals surface area contributed by atoms with Gasteiger partial charge in [0.2, 0.25) is 11.8 Å². The molecule has 0 fully saturated rings. The molecule has 0 saturated heterocycles. The standard InChI is InChI=1S/C32H42N2O5/c1-3-5-6-13-19-31(37)39-25-29(22-26-15-9-7-10-16-26)33-32(38)28(14-4-2)23-30(36)34(20-21-35)24-27-17-11-8-12-18-27/h3-4,7-12,15-18,28-29,35H,1-2,5-6,13-14,19-25H2,(H,33,38)/t28-,29-/m1/s1. The average molecular weight is 535 g/mol. The molecule has 0 aromatic heterocycles. The van der Waals surface area contributed by atoms with Crippen molar-refractivity contribution in [1.82, 2.24) is 10.2 Å². The maximum Gasteiger partial charge on any atom is 0.305 e. The summed E-state index contributed by atoms with van der Waals surface area (Å²) in [6.45, 7) is 7.85. The number of carbonyl (C=O) groups is 3. The largest absolute Gasteiger partial charge is 0.463 e. The van der Waals surface area contributed by atoms with Gasteiger partial charge in [0.15, 0.2) is 0 Å². The third kappa shape index (κ3) is 12.6. The second-order valence-corrected chi connectivity index (χ2v) is 9.56. The SMILES string of the molecule is C=CCCCCC(=O)OC[C@@H](Cc1ccccc1)NC(=O)[C@H](CC=C)CC(=O)N(CCO)Cc1ccccc1. The second kappa shape index (κ2) is 18.5. The third-order valence-corrected chi connectivity index (χ3v) is 6.34. The molecule has 2 amide bonds. The molecule has 7 nitrogen and oxygen atoms in total. The lowest BCUT2D eigenvalue weighted by Crippen LogP contribution is -2.44. The summed E-state index contributed by atoms with van der Waals surface area (Å²) in [5.41, 5.74) is 1.94. The number of hydrogen-bond acceptors (Lipinski definition) is 5. The first-order valence-corrected chi connectivity index (χ1v) is 13.6. The van der Waals surface area contributed by atoms with E-state index in [1.165, 1.54) is 0 Å². The van der Waals surface area contributed by atoms with Crippen molar-refractivity contribution in [2.45, 2.75) is 57.5 Å². The quantitative estimate of drug-likeness (QED) is 0.156. The van der Waals surface area contributed by atoms with E-state index in [1.807, 2.05) is 66.7 Å². The van der Waals surface area contributed by atoms with Crippen LogP contribution in [0.25, 0.3) is 0 Å². The van der Waals surface area contributed by atoms with Gasteiger partial charge >= 0.3 is 5.97 Å². The number of hydrogen-bond donors (Lipinski definition) is 2. The fraction of sp³-hybridized carbons (Fsp3) is 0.406. The fourth-order valence-electron chi connectivity index (χ4n) is 4.23. The Kier molecular flexibility index (Phi) is 15.0. The van der Waals surface area contributed by atoms with Gasteiger partial charge in [0.1, 0.15) is 6.61 Å². The van der Waals surface area contributed by atoms with Gasteiger partial charge in [-0.1, -0.05) is 72.8 Å². The molecule has 0 unspecified atom stereocenters. The van der Waals surface area contributed by atoms with Crippen LogP contribution in [-0.2, 0) is 32.1 Å². The molecule has 39 heavy (non-hydrogen) atoms. The van der Waals surface area contributed by atoms with E-state index in [1.54, 1.807) is 11.0 Å². The molecule has 0 aliphatic heterocycles. The predicted octanol–water partition coefficient (Wildman–Crippen LogP) is 4.61. The van der Waals surface area contributed by atoms with Crippen LogP contribution in [0.4, 0.5) is 0 Å². The maximum absolute atomic E-state index is 13.4. The fourth-order valence-corrected chi connectivity index (χ4v) is 4.23. The molecular weight excluding hydrogens is 492 g/mol. The first-order valence-electron chi connectivity index (χ1n) is 13.6. The summed E-state index contributed by atoms with van der Waals surface area (Å²) >= 11 is 0. The molecular formula is C32H42N2O5. The first-order chi connectivity index (χ1) is 19.0. The molecule has 2 aromatic carbocycles. The van der Waals surface area contributed by atoms with Gasteiger partial charge in [-0.3, -0.25) is 14.4 Å². The van der Waals surface area contributed by atoms with Gasteiger partial charge in [0.05, 0.1) is 18.6 Å². The summed E-state index contributed by atoms with van der Waals surface area (Å²) < 4.78 is 5.51. The van der Waals surface area contributed by atoms with Crippen LogP contribution in [0.5, 0.6) is 0 Å². The zero-order valence-electron chi connectivity index (χ0n) is 22.8. The molecule has 2 aromatic rings. The van der Waals surface area contributed by atoms with E-state index in [2.05, 4.69) is 18.5 Å². The van der Waals surface area contributed by atoms with Crippen LogP contribution >= 0.6 is 0 Å². The lowest BCUT2D eigenvalue weighted by Gasteiger charge is -2.26. The van der Waals surface area contributed by atoms with E-state index in [0.29, 0.717) is 25.8 Å². The Bertz CT molecular complexity index is 1030. The third-order valence-electron chi connectivity index (χ3n) is 6.34. The highest BCUT2D eigenvalue weighted by atomic mass is 16.5. The van der Waals surface area contributed by atoms with Gasteiger partial charge in [-0.2, -0.15) is 0 Å². The van der Waals surface area contributed by atoms with Crippen LogP contribution in [0.3, 0.4) is 0 Å². The highest BCUT2D eigenvalue weighted by molar-refractivity contribution is 5.86. The van der Waals surface area contributed by atoms with Crippen LogP contribution in [0.1, 0.15) is 49.7 Å². The van der Waals surface area contributed by atoms with E-state index < -0.39 is 12.0 Å². The van der Waals surface area contributed by atoms with Crippen molar-refractivity contribution in [1.29, 1.82) is 0 Å². The minimum atomic E-state index is -0.639. The van der Waals surface area contributed by atoms with Gasteiger partial charge in [-0.05, 0) is 43.2 Å². The molecule has 0 spiro atoms. The van der Waals surface area contributed by atoms with E-state index in [-0.39, 0.29) is 44.0 Å². The summed E-state index contributed by atoms with van der Waals surface area (Å²) in [6, 6.07) is 18.7. The molecule has 2 rings (SSSR count). The van der Waals surface area contributed by atoms with E-state index >= 15 is 0 Å². The number of aliphatic hydroxyl groups is 1. The zero-order valence-corrected chi connectivity index (χ0v) is 22.8. The smallest absolute Gasteiger partial charge is 0.305 e. The van der Waals surface area contributed by atoms with Crippen molar-refractivity contribution in [2.75, 3.05) is 19.8 Å². The number of nitrogens with zero attached hydrogens (tertiary/aromatic N) is 1. The van der Waals surface area contributed by atoms with Crippen LogP contribution < -0.4 is 5.32 Å². The lowest BCUT2D eigenvalue weighted by atomic mass is 9.98. The molecule has 7 heteroatoms. The zero-order chi connectivity index (χ0) is 28.3. The number of nitrogens with one attached hydrogen (secondary N) is 1. The average Bonchev–Trinajstić information content (AvgIpc) is 2.94. The monoisotopic (exact) mass is 534 g/mol. The van der Waals surface area contributed by atoms with Gasteiger partial charge in [0.25, 0.3) is 0 Å². The van der Waals surface area contributed by atoms with Gasteiger partial charge in [0, 0.05) is 25.9 Å². The van der Waals surface area contributed by atoms with Crippen molar-refractivity contribution >= 4 is 17.8 Å². The number of amides is 2. The summed E-state index contributed by atoms with van der Waals surface area (Å²) in [5, 5.41) is 12.5. The molecule has 2 atom stereocenters. The molecule has 0 heterocycles. The second-order valence-electron chi connectivity index (χ2n) is 9.56. The van der Waals surface area contributed by atoms with Crippen molar-refractivity contribution in [3.63, 3.8) is 0 Å². The number of unbranched alkanes of at least 4 members (excludes halogenated alkanes) is 2. The Balaban J connectivity index is 2.05. The Morgan fingerprint density at radius 2 is 1.62 bits per heavy atom. The van der Waals surface area contributed by atoms with Gasteiger partial charge in [-0.25, -0.2) is 0 Å². The van der Waals surface area contributed by atoms with Crippen LogP contribution in [0.2, 0.25) is 0 Å². The first kappa shape index (κ1) is 31.5. The van der Waals surface area contributed by atoms with Gasteiger partial charge in [-0.15, -0.1) is 13.2 Å². The number of aliphatic hydroxyl groups excluding tert-OH is 1. The van der Waals surface area contributed by atoms with Crippen LogP contribution in [0.15, 0.2) is 86.0 Å². The summed E-state index contributed by atoms with van der Waals surface area (Å²) in [6.07, 6.45) is 6.99. The van der Waals surface area contributed by atoms with Crippen LogP contribution in [0, 0.1) is 5.92 Å². The molecule has 0 bridgehead atoms. The highest BCUT2D eigenvalue weighted by Gasteiger charge is 2.26. The lowest BCUT2D eigenvalue weighted by molar-refractivity contribution is -0.145. The topological polar surface area (TPSA) is 95.9 Å². The minimum Gasteiger partial charge on any atom is -0.463 e. The maximum atomic E-state index is 13.4. The normalized spacial score (nSPS) is 12.1. The molecule has 2 N–H and O–H groups in total. The number of allylic oxidation sites excluding steroid dienone is 2. The highest BCUT2D eigenvalue weighted by Crippen LogP contribution is 2.16. The van der Waals surface area contributed by atoms with E-state index in [9.17, 15) is 19.5 Å². The van der Waals surface area contributed by atoms with Crippen molar-refractivity contribution in [2.24, 2.45) is 5.92 Å². The van der Waals surface area contributed by atoms with Crippen molar-refractivity contribution in [3.8, 4) is 0 Å². The Morgan fingerprint density at radius 1 is 0.949 bits per heavy atom. The van der Waals surface area contributed by atoms with E-state index in [0.717, 1.165) is 30.4 Å². The van der Waals surface area contributed by atoms with Crippen molar-refractivity contribution < 1.29 is 24.2 Å².